The molecule has 0 aliphatic heterocycles. The van der Waals surface area contributed by atoms with Gasteiger partial charge in [-0.15, -0.1) is 0 Å². The molecule has 0 fully saturated rings. The highest BCUT2D eigenvalue weighted by Crippen LogP contribution is 2.30. The lowest BCUT2D eigenvalue weighted by Gasteiger charge is -2.14. The van der Waals surface area contributed by atoms with E-state index in [1.54, 1.807) is 12.1 Å². The molecule has 0 aliphatic carbocycles. The predicted molar refractivity (Wildman–Crippen MR) is 76.1 cm³/mol. The van der Waals surface area contributed by atoms with Crippen molar-refractivity contribution in [3.05, 3.63) is 23.3 Å². The first-order chi connectivity index (χ1) is 10.0. The van der Waals surface area contributed by atoms with Crippen LogP contribution in [0.15, 0.2) is 12.1 Å². The van der Waals surface area contributed by atoms with Crippen LogP contribution in [0.1, 0.15) is 35.2 Å². The van der Waals surface area contributed by atoms with Crippen LogP contribution in [0.5, 0.6) is 11.5 Å². The maximum Gasteiger partial charge on any atom is 0.338 e. The van der Waals surface area contributed by atoms with Gasteiger partial charge in [0.05, 0.1) is 26.9 Å². The Bertz CT molecular complexity index is 509. The van der Waals surface area contributed by atoms with Crippen molar-refractivity contribution < 1.29 is 28.9 Å². The summed E-state index contributed by atoms with van der Waals surface area (Å²) in [6.45, 7) is 0. The summed E-state index contributed by atoms with van der Waals surface area (Å²) in [5, 5.41) is 8.65. The third-order valence-electron chi connectivity index (χ3n) is 3.11. The first kappa shape index (κ1) is 16.8. The number of hydrogen-bond acceptors (Lipinski definition) is 5. The molecule has 0 aromatic heterocycles. The van der Waals surface area contributed by atoms with E-state index in [1.807, 2.05) is 0 Å². The minimum Gasteiger partial charge on any atom is -0.497 e. The molecule has 6 heteroatoms. The number of hydrogen-bond donors (Lipinski definition) is 1. The predicted octanol–water partition coefficient (Wildman–Crippen LogP) is 2.29. The molecule has 0 spiro atoms. The van der Waals surface area contributed by atoms with E-state index in [2.05, 4.69) is 0 Å². The van der Waals surface area contributed by atoms with E-state index in [0.29, 0.717) is 41.9 Å². The van der Waals surface area contributed by atoms with Gasteiger partial charge in [-0.25, -0.2) is 4.79 Å². The number of aliphatic carboxylic acids is 1. The molecule has 1 N–H and O–H groups in total. The normalized spacial score (nSPS) is 10.0. The Hall–Kier alpha value is -2.24. The van der Waals surface area contributed by atoms with Crippen LogP contribution in [0.4, 0.5) is 0 Å². The fourth-order valence-electron chi connectivity index (χ4n) is 2.05. The zero-order valence-electron chi connectivity index (χ0n) is 12.5. The number of carbonyl (C=O) groups is 2. The van der Waals surface area contributed by atoms with Gasteiger partial charge in [-0.05, 0) is 25.3 Å². The molecule has 0 bridgehead atoms. The number of carbonyl (C=O) groups excluding carboxylic acids is 1. The Morgan fingerprint density at radius 3 is 2.33 bits per heavy atom. The smallest absolute Gasteiger partial charge is 0.338 e. The molecule has 0 saturated carbocycles. The molecular formula is C15H20O6. The lowest BCUT2D eigenvalue weighted by atomic mass is 9.99. The highest BCUT2D eigenvalue weighted by atomic mass is 16.5. The van der Waals surface area contributed by atoms with Crippen LogP contribution < -0.4 is 9.47 Å². The van der Waals surface area contributed by atoms with Gasteiger partial charge >= 0.3 is 11.9 Å². The van der Waals surface area contributed by atoms with Gasteiger partial charge in [0.15, 0.2) is 0 Å². The van der Waals surface area contributed by atoms with Crippen molar-refractivity contribution in [2.24, 2.45) is 0 Å². The lowest BCUT2D eigenvalue weighted by Crippen LogP contribution is -2.08. The van der Waals surface area contributed by atoms with Gasteiger partial charge < -0.3 is 19.3 Å². The van der Waals surface area contributed by atoms with Gasteiger partial charge in [0.25, 0.3) is 0 Å². The number of unbranched alkanes of at least 4 members (excludes halogenated alkanes) is 1. The van der Waals surface area contributed by atoms with E-state index in [-0.39, 0.29) is 6.42 Å². The van der Waals surface area contributed by atoms with Gasteiger partial charge in [0, 0.05) is 18.1 Å². The molecule has 116 valence electrons. The molecule has 0 amide bonds. The van der Waals surface area contributed by atoms with Crippen molar-refractivity contribution in [2.45, 2.75) is 25.7 Å². The van der Waals surface area contributed by atoms with Crippen molar-refractivity contribution in [3.8, 4) is 11.5 Å². The zero-order chi connectivity index (χ0) is 15.8. The third kappa shape index (κ3) is 4.66. The van der Waals surface area contributed by atoms with Crippen molar-refractivity contribution >= 4 is 11.9 Å². The number of carboxylic acid groups (broad SMARTS) is 1. The van der Waals surface area contributed by atoms with Crippen LogP contribution in [-0.2, 0) is 16.0 Å². The summed E-state index contributed by atoms with van der Waals surface area (Å²) in [4.78, 5) is 22.4. The Balaban J connectivity index is 3.02. The van der Waals surface area contributed by atoms with Gasteiger partial charge in [0.1, 0.15) is 11.5 Å². The van der Waals surface area contributed by atoms with E-state index in [1.165, 1.54) is 21.3 Å². The third-order valence-corrected chi connectivity index (χ3v) is 3.11. The minimum absolute atomic E-state index is 0.103. The molecule has 0 saturated heterocycles. The quantitative estimate of drug-likeness (QED) is 0.585. The molecule has 1 aromatic rings. The maximum atomic E-state index is 11.9. The topological polar surface area (TPSA) is 82.1 Å². The second kappa shape index (κ2) is 8.14. The molecule has 0 aliphatic rings. The Morgan fingerprint density at radius 2 is 1.81 bits per heavy atom. The largest absolute Gasteiger partial charge is 0.497 e. The summed E-state index contributed by atoms with van der Waals surface area (Å²) in [7, 11) is 4.32. The van der Waals surface area contributed by atoms with Crippen molar-refractivity contribution in [3.63, 3.8) is 0 Å². The second-order valence-electron chi connectivity index (χ2n) is 4.45. The molecule has 6 nitrogen and oxygen atoms in total. The molecule has 0 heterocycles. The Morgan fingerprint density at radius 1 is 1.10 bits per heavy atom. The van der Waals surface area contributed by atoms with E-state index < -0.39 is 11.9 Å². The monoisotopic (exact) mass is 296 g/mol. The summed E-state index contributed by atoms with van der Waals surface area (Å²) < 4.78 is 15.2. The molecule has 0 atom stereocenters. The lowest BCUT2D eigenvalue weighted by molar-refractivity contribution is -0.137. The Labute approximate surface area is 123 Å². The van der Waals surface area contributed by atoms with Crippen molar-refractivity contribution in [1.29, 1.82) is 0 Å². The molecule has 21 heavy (non-hydrogen) atoms. The highest BCUT2D eigenvalue weighted by molar-refractivity contribution is 5.92. The fourth-order valence-corrected chi connectivity index (χ4v) is 2.05. The number of ether oxygens (including phenoxy) is 3. The number of methoxy groups -OCH3 is 3. The highest BCUT2D eigenvalue weighted by Gasteiger charge is 2.18. The number of carboxylic acids is 1. The minimum atomic E-state index is -0.829. The van der Waals surface area contributed by atoms with Gasteiger partial charge in [0.2, 0.25) is 0 Å². The van der Waals surface area contributed by atoms with E-state index in [0.717, 1.165) is 0 Å². The van der Waals surface area contributed by atoms with Crippen LogP contribution >= 0.6 is 0 Å². The first-order valence-electron chi connectivity index (χ1n) is 6.58. The van der Waals surface area contributed by atoms with Crippen molar-refractivity contribution in [2.75, 3.05) is 21.3 Å². The number of esters is 1. The van der Waals surface area contributed by atoms with Crippen LogP contribution in [0.2, 0.25) is 0 Å². The standard InChI is InChI=1S/C15H20O6/c1-19-10-8-12(15(18)21-3)11(13(9-10)20-2)6-4-5-7-14(16)17/h8-9H,4-7H2,1-3H3,(H,16,17). The van der Waals surface area contributed by atoms with Crippen LogP contribution in [0.25, 0.3) is 0 Å². The summed E-state index contributed by atoms with van der Waals surface area (Å²) in [6, 6.07) is 3.29. The van der Waals surface area contributed by atoms with Gasteiger partial charge in [-0.1, -0.05) is 0 Å². The summed E-state index contributed by atoms with van der Waals surface area (Å²) >= 11 is 0. The summed E-state index contributed by atoms with van der Waals surface area (Å²) in [5.41, 5.74) is 1.08. The SMILES string of the molecule is COC(=O)c1cc(OC)cc(OC)c1CCCCC(=O)O. The van der Waals surface area contributed by atoms with E-state index in [4.69, 9.17) is 19.3 Å². The van der Waals surface area contributed by atoms with Gasteiger partial charge in [-0.2, -0.15) is 0 Å². The molecule has 1 aromatic carbocycles. The Kier molecular flexibility index (Phi) is 6.52. The van der Waals surface area contributed by atoms with E-state index >= 15 is 0 Å². The average Bonchev–Trinajstić information content (AvgIpc) is 2.49. The second-order valence-corrected chi connectivity index (χ2v) is 4.45. The average molecular weight is 296 g/mol. The fraction of sp³-hybridized carbons (Fsp3) is 0.467. The first-order valence-corrected chi connectivity index (χ1v) is 6.58. The summed E-state index contributed by atoms with van der Waals surface area (Å²) in [5.74, 6) is -0.267. The molecule has 0 radical (unpaired) electrons. The van der Waals surface area contributed by atoms with E-state index in [9.17, 15) is 9.59 Å². The van der Waals surface area contributed by atoms with Crippen LogP contribution in [0.3, 0.4) is 0 Å². The number of rotatable bonds is 8. The molecule has 0 unspecified atom stereocenters. The molecular weight excluding hydrogens is 276 g/mol. The maximum absolute atomic E-state index is 11.9. The number of benzene rings is 1. The van der Waals surface area contributed by atoms with Gasteiger partial charge in [-0.3, -0.25) is 4.79 Å². The van der Waals surface area contributed by atoms with Crippen molar-refractivity contribution in [1.82, 2.24) is 0 Å². The summed E-state index contributed by atoms with van der Waals surface area (Å²) in [6.07, 6.45) is 1.81. The molecule has 1 rings (SSSR count). The van der Waals surface area contributed by atoms with Crippen LogP contribution in [-0.4, -0.2) is 38.4 Å². The van der Waals surface area contributed by atoms with Crippen LogP contribution in [0, 0.1) is 0 Å². The zero-order valence-corrected chi connectivity index (χ0v) is 12.5.